The van der Waals surface area contributed by atoms with E-state index >= 15 is 0 Å². The van der Waals surface area contributed by atoms with Gasteiger partial charge in [-0.1, -0.05) is 12.8 Å². The molecule has 0 aromatic carbocycles. The normalized spacial score (nSPS) is 28.6. The van der Waals surface area contributed by atoms with E-state index in [1.54, 1.807) is 0 Å². The van der Waals surface area contributed by atoms with Gasteiger partial charge in [0.2, 0.25) is 5.89 Å². The molecule has 1 aliphatic heterocycles. The van der Waals surface area contributed by atoms with Crippen molar-refractivity contribution in [1.82, 2.24) is 10.1 Å². The van der Waals surface area contributed by atoms with Crippen molar-refractivity contribution in [1.29, 1.82) is 0 Å². The third-order valence-corrected chi connectivity index (χ3v) is 4.60. The van der Waals surface area contributed by atoms with Crippen LogP contribution < -0.4 is 10.6 Å². The van der Waals surface area contributed by atoms with Crippen molar-refractivity contribution in [3.63, 3.8) is 0 Å². The highest BCUT2D eigenvalue weighted by atomic mass is 16.5. The average Bonchev–Trinajstić information content (AvgIpc) is 2.98. The van der Waals surface area contributed by atoms with Gasteiger partial charge < -0.3 is 15.2 Å². The van der Waals surface area contributed by atoms with Crippen molar-refractivity contribution in [3.8, 4) is 0 Å². The van der Waals surface area contributed by atoms with Gasteiger partial charge in [0.1, 0.15) is 0 Å². The van der Waals surface area contributed by atoms with E-state index in [0.717, 1.165) is 37.9 Å². The number of anilines is 1. The predicted octanol–water partition coefficient (Wildman–Crippen LogP) is 2.29. The summed E-state index contributed by atoms with van der Waals surface area (Å²) in [5, 5.41) is 4.18. The van der Waals surface area contributed by atoms with E-state index in [1.807, 2.05) is 0 Å². The van der Waals surface area contributed by atoms with Crippen LogP contribution in [-0.2, 0) is 0 Å². The highest BCUT2D eigenvalue weighted by Gasteiger charge is 2.30. The molecule has 2 aliphatic rings. The minimum absolute atomic E-state index is 0.379. The minimum atomic E-state index is 0.379. The first-order chi connectivity index (χ1) is 9.38. The Balaban J connectivity index is 1.72. The molecule has 106 valence electrons. The molecule has 0 spiro atoms. The predicted molar refractivity (Wildman–Crippen MR) is 74.1 cm³/mol. The fourth-order valence-corrected chi connectivity index (χ4v) is 3.41. The standard InChI is InChI=1S/C14H24N4O/c15-10-11-6-2-3-7-12(11)13-16-14(17-19-13)18-8-4-1-5-9-18/h11-12H,1-10,15H2. The summed E-state index contributed by atoms with van der Waals surface area (Å²) in [6, 6.07) is 0. The summed E-state index contributed by atoms with van der Waals surface area (Å²) >= 11 is 0. The second-order valence-corrected chi connectivity index (χ2v) is 5.87. The molecule has 2 N–H and O–H groups in total. The van der Waals surface area contributed by atoms with Gasteiger partial charge in [-0.15, -0.1) is 0 Å². The van der Waals surface area contributed by atoms with E-state index in [0.29, 0.717) is 11.8 Å². The third kappa shape index (κ3) is 2.76. The van der Waals surface area contributed by atoms with E-state index in [4.69, 9.17) is 10.3 Å². The molecule has 1 saturated carbocycles. The Morgan fingerprint density at radius 2 is 1.89 bits per heavy atom. The van der Waals surface area contributed by atoms with Crippen LogP contribution in [0.4, 0.5) is 5.95 Å². The van der Waals surface area contributed by atoms with E-state index in [-0.39, 0.29) is 0 Å². The molecule has 2 unspecified atom stereocenters. The molecule has 0 amide bonds. The number of aromatic nitrogens is 2. The summed E-state index contributed by atoms with van der Waals surface area (Å²) in [5.41, 5.74) is 5.88. The Morgan fingerprint density at radius 3 is 2.68 bits per heavy atom. The summed E-state index contributed by atoms with van der Waals surface area (Å²) in [6.07, 6.45) is 8.66. The van der Waals surface area contributed by atoms with Crippen LogP contribution in [0.2, 0.25) is 0 Å². The van der Waals surface area contributed by atoms with Gasteiger partial charge in [0.25, 0.3) is 5.95 Å². The van der Waals surface area contributed by atoms with Crippen LogP contribution in [-0.4, -0.2) is 29.8 Å². The van der Waals surface area contributed by atoms with Gasteiger partial charge in [0.15, 0.2) is 0 Å². The van der Waals surface area contributed by atoms with Gasteiger partial charge in [0.05, 0.1) is 0 Å². The maximum absolute atomic E-state index is 5.88. The Kier molecular flexibility index (Phi) is 4.01. The number of hydrogen-bond acceptors (Lipinski definition) is 5. The average molecular weight is 264 g/mol. The lowest BCUT2D eigenvalue weighted by Crippen LogP contribution is -2.30. The van der Waals surface area contributed by atoms with Crippen LogP contribution >= 0.6 is 0 Å². The number of rotatable bonds is 3. The Labute approximate surface area is 114 Å². The summed E-state index contributed by atoms with van der Waals surface area (Å²) in [6.45, 7) is 2.85. The highest BCUT2D eigenvalue weighted by molar-refractivity contribution is 5.28. The quantitative estimate of drug-likeness (QED) is 0.907. The number of nitrogens with zero attached hydrogens (tertiary/aromatic N) is 3. The van der Waals surface area contributed by atoms with Crippen molar-refractivity contribution in [3.05, 3.63) is 5.89 Å². The molecule has 2 heterocycles. The lowest BCUT2D eigenvalue weighted by Gasteiger charge is -2.27. The van der Waals surface area contributed by atoms with E-state index in [2.05, 4.69) is 15.0 Å². The molecular formula is C14H24N4O. The van der Waals surface area contributed by atoms with Crippen LogP contribution in [0.15, 0.2) is 4.52 Å². The van der Waals surface area contributed by atoms with E-state index in [1.165, 1.54) is 38.5 Å². The SMILES string of the molecule is NCC1CCCCC1c1nc(N2CCCCC2)no1. The van der Waals surface area contributed by atoms with E-state index in [9.17, 15) is 0 Å². The monoisotopic (exact) mass is 264 g/mol. The van der Waals surface area contributed by atoms with Crippen LogP contribution in [0, 0.1) is 5.92 Å². The van der Waals surface area contributed by atoms with E-state index < -0.39 is 0 Å². The third-order valence-electron chi connectivity index (χ3n) is 4.60. The Morgan fingerprint density at radius 1 is 1.11 bits per heavy atom. The molecule has 0 bridgehead atoms. The van der Waals surface area contributed by atoms with Crippen LogP contribution in [0.3, 0.4) is 0 Å². The molecule has 0 radical (unpaired) electrons. The fraction of sp³-hybridized carbons (Fsp3) is 0.857. The largest absolute Gasteiger partial charge is 0.338 e. The lowest BCUT2D eigenvalue weighted by atomic mass is 9.79. The Hall–Kier alpha value is -1.10. The summed E-state index contributed by atoms with van der Waals surface area (Å²) in [5.74, 6) is 2.50. The first-order valence-corrected chi connectivity index (χ1v) is 7.67. The zero-order valence-electron chi connectivity index (χ0n) is 11.6. The van der Waals surface area contributed by atoms with Gasteiger partial charge in [-0.05, 0) is 49.7 Å². The molecule has 19 heavy (non-hydrogen) atoms. The van der Waals surface area contributed by atoms with Gasteiger partial charge in [-0.25, -0.2) is 0 Å². The fourth-order valence-electron chi connectivity index (χ4n) is 3.41. The van der Waals surface area contributed by atoms with Crippen molar-refractivity contribution in [2.45, 2.75) is 50.9 Å². The lowest BCUT2D eigenvalue weighted by molar-refractivity contribution is 0.249. The van der Waals surface area contributed by atoms with Gasteiger partial charge in [-0.2, -0.15) is 4.98 Å². The first kappa shape index (κ1) is 12.9. The van der Waals surface area contributed by atoms with Crippen molar-refractivity contribution in [2.75, 3.05) is 24.5 Å². The molecule has 5 nitrogen and oxygen atoms in total. The maximum Gasteiger partial charge on any atom is 0.266 e. The summed E-state index contributed by atoms with van der Waals surface area (Å²) < 4.78 is 5.53. The van der Waals surface area contributed by atoms with Crippen molar-refractivity contribution < 1.29 is 4.52 Å². The van der Waals surface area contributed by atoms with Crippen LogP contribution in [0.25, 0.3) is 0 Å². The second-order valence-electron chi connectivity index (χ2n) is 5.87. The van der Waals surface area contributed by atoms with Crippen LogP contribution in [0.5, 0.6) is 0 Å². The molecule has 1 aromatic rings. The smallest absolute Gasteiger partial charge is 0.266 e. The molecule has 1 aliphatic carbocycles. The summed E-state index contributed by atoms with van der Waals surface area (Å²) in [7, 11) is 0. The molecule has 2 atom stereocenters. The molecule has 3 rings (SSSR count). The van der Waals surface area contributed by atoms with Crippen molar-refractivity contribution in [2.24, 2.45) is 11.7 Å². The van der Waals surface area contributed by atoms with Crippen LogP contribution in [0.1, 0.15) is 56.8 Å². The highest BCUT2D eigenvalue weighted by Crippen LogP contribution is 2.37. The van der Waals surface area contributed by atoms with Gasteiger partial charge in [-0.3, -0.25) is 0 Å². The minimum Gasteiger partial charge on any atom is -0.338 e. The zero-order valence-corrected chi connectivity index (χ0v) is 11.6. The molecule has 1 saturated heterocycles. The number of nitrogens with two attached hydrogens (primary N) is 1. The topological polar surface area (TPSA) is 68.2 Å². The van der Waals surface area contributed by atoms with Gasteiger partial charge >= 0.3 is 0 Å². The zero-order chi connectivity index (χ0) is 13.1. The Bertz CT molecular complexity index is 400. The molecule has 5 heteroatoms. The molecule has 1 aromatic heterocycles. The first-order valence-electron chi connectivity index (χ1n) is 7.67. The number of hydrogen-bond donors (Lipinski definition) is 1. The maximum atomic E-state index is 5.88. The molecule has 2 fully saturated rings. The van der Waals surface area contributed by atoms with Gasteiger partial charge in [0, 0.05) is 19.0 Å². The second kappa shape index (κ2) is 5.90. The molecular weight excluding hydrogens is 240 g/mol. The number of piperidine rings is 1. The summed E-state index contributed by atoms with van der Waals surface area (Å²) in [4.78, 5) is 6.90. The van der Waals surface area contributed by atoms with Crippen molar-refractivity contribution >= 4 is 5.95 Å².